The molecule has 0 spiro atoms. The minimum atomic E-state index is 0.0210. The Hall–Kier alpha value is -2.56. The van der Waals surface area contributed by atoms with Crippen molar-refractivity contribution in [3.05, 3.63) is 54.4 Å². The molecule has 0 radical (unpaired) electrons. The zero-order valence-corrected chi connectivity index (χ0v) is 11.8. The number of nitrogens with zero attached hydrogens (tertiary/aromatic N) is 1. The summed E-state index contributed by atoms with van der Waals surface area (Å²) in [7, 11) is 0. The van der Waals surface area contributed by atoms with Crippen LogP contribution in [0, 0.1) is 0 Å². The molecule has 2 aromatic rings. The van der Waals surface area contributed by atoms with E-state index in [0.29, 0.717) is 31.7 Å². The first-order valence-electron chi connectivity index (χ1n) is 6.88. The Kier molecular flexibility index (Phi) is 5.58. The van der Waals surface area contributed by atoms with Crippen molar-refractivity contribution in [1.82, 2.24) is 10.3 Å². The van der Waals surface area contributed by atoms with Gasteiger partial charge in [-0.2, -0.15) is 0 Å². The van der Waals surface area contributed by atoms with Gasteiger partial charge < -0.3 is 15.8 Å². The lowest BCUT2D eigenvalue weighted by atomic mass is 10.1. The lowest BCUT2D eigenvalue weighted by Gasteiger charge is -2.08. The van der Waals surface area contributed by atoms with Crippen LogP contribution in [0.4, 0.5) is 5.69 Å². The molecule has 0 aliphatic heterocycles. The van der Waals surface area contributed by atoms with Crippen molar-refractivity contribution in [2.45, 2.75) is 12.8 Å². The molecule has 0 bridgehead atoms. The molecule has 0 fully saturated rings. The molecule has 1 amide bonds. The third kappa shape index (κ3) is 5.52. The van der Waals surface area contributed by atoms with E-state index in [1.54, 1.807) is 36.7 Å². The third-order valence-electron chi connectivity index (χ3n) is 2.96. The van der Waals surface area contributed by atoms with Gasteiger partial charge in [-0.15, -0.1) is 0 Å². The molecule has 5 nitrogen and oxygen atoms in total. The van der Waals surface area contributed by atoms with Gasteiger partial charge >= 0.3 is 0 Å². The van der Waals surface area contributed by atoms with Crippen molar-refractivity contribution in [1.29, 1.82) is 0 Å². The maximum atomic E-state index is 11.7. The number of pyridine rings is 1. The fraction of sp³-hybridized carbons (Fsp3) is 0.250. The minimum absolute atomic E-state index is 0.0210. The lowest BCUT2D eigenvalue weighted by Crippen LogP contribution is -2.28. The van der Waals surface area contributed by atoms with Crippen LogP contribution >= 0.6 is 0 Å². The number of rotatable bonds is 7. The number of ether oxygens (including phenoxy) is 1. The summed E-state index contributed by atoms with van der Waals surface area (Å²) in [4.78, 5) is 15.6. The summed E-state index contributed by atoms with van der Waals surface area (Å²) in [6.07, 6.45) is 4.64. The Labute approximate surface area is 124 Å². The number of anilines is 1. The molecule has 1 heterocycles. The first-order valence-corrected chi connectivity index (χ1v) is 6.88. The molecular weight excluding hydrogens is 266 g/mol. The van der Waals surface area contributed by atoms with E-state index in [1.807, 2.05) is 12.1 Å². The van der Waals surface area contributed by atoms with Crippen LogP contribution in [0.1, 0.15) is 12.0 Å². The average molecular weight is 285 g/mol. The smallest absolute Gasteiger partial charge is 0.220 e. The highest BCUT2D eigenvalue weighted by molar-refractivity contribution is 5.76. The number of carbonyl (C=O) groups is 1. The van der Waals surface area contributed by atoms with Gasteiger partial charge in [0.2, 0.25) is 5.91 Å². The van der Waals surface area contributed by atoms with Gasteiger partial charge in [-0.05, 0) is 48.4 Å². The van der Waals surface area contributed by atoms with E-state index in [4.69, 9.17) is 10.5 Å². The number of benzene rings is 1. The monoisotopic (exact) mass is 285 g/mol. The summed E-state index contributed by atoms with van der Waals surface area (Å²) in [6.45, 7) is 0.921. The summed E-state index contributed by atoms with van der Waals surface area (Å²) in [5.41, 5.74) is 7.40. The first kappa shape index (κ1) is 14.8. The second-order valence-corrected chi connectivity index (χ2v) is 4.62. The number of aryl methyl sites for hydroxylation is 1. The molecular formula is C16H19N3O2. The summed E-state index contributed by atoms with van der Waals surface area (Å²) in [5, 5.41) is 2.83. The third-order valence-corrected chi connectivity index (χ3v) is 2.96. The molecule has 0 saturated heterocycles. The van der Waals surface area contributed by atoms with E-state index < -0.39 is 0 Å². The summed E-state index contributed by atoms with van der Waals surface area (Å²) < 4.78 is 5.50. The first-order chi connectivity index (χ1) is 10.2. The van der Waals surface area contributed by atoms with Crippen molar-refractivity contribution in [2.75, 3.05) is 18.9 Å². The number of hydrogen-bond acceptors (Lipinski definition) is 4. The van der Waals surface area contributed by atoms with E-state index in [0.717, 1.165) is 11.3 Å². The zero-order chi connectivity index (χ0) is 14.9. The van der Waals surface area contributed by atoms with Gasteiger partial charge in [0.25, 0.3) is 0 Å². The SMILES string of the molecule is Nc1ccc(OCCNC(=O)CCc2ccncc2)cc1. The number of amides is 1. The molecule has 2 rings (SSSR count). The van der Waals surface area contributed by atoms with Gasteiger partial charge in [-0.1, -0.05) is 0 Å². The van der Waals surface area contributed by atoms with Crippen molar-refractivity contribution < 1.29 is 9.53 Å². The van der Waals surface area contributed by atoms with Crippen LogP contribution in [-0.2, 0) is 11.2 Å². The molecule has 0 aliphatic carbocycles. The van der Waals surface area contributed by atoms with E-state index >= 15 is 0 Å². The summed E-state index contributed by atoms with van der Waals surface area (Å²) in [6, 6.07) is 11.0. The number of nitrogens with one attached hydrogen (secondary N) is 1. The number of nitrogen functional groups attached to an aromatic ring is 1. The molecule has 0 atom stereocenters. The largest absolute Gasteiger partial charge is 0.492 e. The van der Waals surface area contributed by atoms with E-state index in [-0.39, 0.29) is 5.91 Å². The highest BCUT2D eigenvalue weighted by Gasteiger charge is 2.02. The van der Waals surface area contributed by atoms with Crippen LogP contribution in [0.25, 0.3) is 0 Å². The summed E-state index contributed by atoms with van der Waals surface area (Å²) >= 11 is 0. The van der Waals surface area contributed by atoms with Gasteiger partial charge in [-0.3, -0.25) is 9.78 Å². The summed E-state index contributed by atoms with van der Waals surface area (Å²) in [5.74, 6) is 0.767. The van der Waals surface area contributed by atoms with E-state index in [9.17, 15) is 4.79 Å². The number of aromatic nitrogens is 1. The second-order valence-electron chi connectivity index (χ2n) is 4.62. The van der Waals surface area contributed by atoms with Gasteiger partial charge in [0.15, 0.2) is 0 Å². The number of hydrogen-bond donors (Lipinski definition) is 2. The Morgan fingerprint density at radius 1 is 1.14 bits per heavy atom. The predicted molar refractivity (Wildman–Crippen MR) is 81.9 cm³/mol. The van der Waals surface area contributed by atoms with Gasteiger partial charge in [0, 0.05) is 24.5 Å². The van der Waals surface area contributed by atoms with E-state index in [1.165, 1.54) is 0 Å². The fourth-order valence-corrected chi connectivity index (χ4v) is 1.82. The normalized spacial score (nSPS) is 10.1. The molecule has 1 aromatic carbocycles. The van der Waals surface area contributed by atoms with Gasteiger partial charge in [0.1, 0.15) is 12.4 Å². The highest BCUT2D eigenvalue weighted by atomic mass is 16.5. The number of nitrogens with two attached hydrogens (primary N) is 1. The van der Waals surface area contributed by atoms with Crippen molar-refractivity contribution in [2.24, 2.45) is 0 Å². The average Bonchev–Trinajstić information content (AvgIpc) is 2.52. The Morgan fingerprint density at radius 3 is 2.57 bits per heavy atom. The molecule has 21 heavy (non-hydrogen) atoms. The Morgan fingerprint density at radius 2 is 1.86 bits per heavy atom. The Balaban J connectivity index is 1.60. The minimum Gasteiger partial charge on any atom is -0.492 e. The molecule has 0 saturated carbocycles. The predicted octanol–water partition coefficient (Wildman–Crippen LogP) is 1.79. The molecule has 3 N–H and O–H groups in total. The molecule has 110 valence electrons. The maximum Gasteiger partial charge on any atom is 0.220 e. The van der Waals surface area contributed by atoms with Crippen molar-refractivity contribution in [3.63, 3.8) is 0 Å². The zero-order valence-electron chi connectivity index (χ0n) is 11.8. The van der Waals surface area contributed by atoms with Crippen LogP contribution in [-0.4, -0.2) is 24.0 Å². The van der Waals surface area contributed by atoms with Crippen LogP contribution < -0.4 is 15.8 Å². The van der Waals surface area contributed by atoms with Crippen LogP contribution in [0.3, 0.4) is 0 Å². The maximum absolute atomic E-state index is 11.7. The molecule has 5 heteroatoms. The van der Waals surface area contributed by atoms with Gasteiger partial charge in [0.05, 0.1) is 6.54 Å². The molecule has 0 unspecified atom stereocenters. The van der Waals surface area contributed by atoms with Crippen LogP contribution in [0.15, 0.2) is 48.8 Å². The van der Waals surface area contributed by atoms with E-state index in [2.05, 4.69) is 10.3 Å². The van der Waals surface area contributed by atoms with Crippen molar-refractivity contribution in [3.8, 4) is 5.75 Å². The fourth-order valence-electron chi connectivity index (χ4n) is 1.82. The molecule has 1 aromatic heterocycles. The molecule has 0 aliphatic rings. The topological polar surface area (TPSA) is 77.2 Å². The standard InChI is InChI=1S/C16H19N3O2/c17-14-2-4-15(5-3-14)21-12-11-19-16(20)6-1-13-7-9-18-10-8-13/h2-5,7-10H,1,6,11-12,17H2,(H,19,20). The van der Waals surface area contributed by atoms with Crippen LogP contribution in [0.5, 0.6) is 5.75 Å². The number of carbonyl (C=O) groups excluding carboxylic acids is 1. The Bertz CT molecular complexity index is 555. The second kappa shape index (κ2) is 7.89. The highest BCUT2D eigenvalue weighted by Crippen LogP contribution is 2.12. The van der Waals surface area contributed by atoms with Gasteiger partial charge in [-0.25, -0.2) is 0 Å². The van der Waals surface area contributed by atoms with Crippen molar-refractivity contribution >= 4 is 11.6 Å². The van der Waals surface area contributed by atoms with Crippen LogP contribution in [0.2, 0.25) is 0 Å². The quantitative estimate of drug-likeness (QED) is 0.600. The lowest BCUT2D eigenvalue weighted by molar-refractivity contribution is -0.121.